The summed E-state index contributed by atoms with van der Waals surface area (Å²) in [5.41, 5.74) is 2.60. The highest BCUT2D eigenvalue weighted by molar-refractivity contribution is 5.50. The van der Waals surface area contributed by atoms with Crippen LogP contribution in [0.2, 0.25) is 0 Å². The highest BCUT2D eigenvalue weighted by Gasteiger charge is 2.29. The molecule has 16 heavy (non-hydrogen) atoms. The van der Waals surface area contributed by atoms with Crippen molar-refractivity contribution in [3.05, 3.63) is 11.9 Å². The molecule has 1 fully saturated rings. The van der Waals surface area contributed by atoms with Crippen molar-refractivity contribution in [2.45, 2.75) is 39.2 Å². The Bertz CT molecular complexity index is 339. The molecule has 1 saturated carbocycles. The normalized spacial score (nSPS) is 14.9. The highest BCUT2D eigenvalue weighted by Crippen LogP contribution is 2.31. The first-order chi connectivity index (χ1) is 7.78. The van der Waals surface area contributed by atoms with E-state index in [4.69, 9.17) is 5.84 Å². The van der Waals surface area contributed by atoms with Crippen molar-refractivity contribution in [1.29, 1.82) is 0 Å². The van der Waals surface area contributed by atoms with Crippen molar-refractivity contribution >= 4 is 11.6 Å². The van der Waals surface area contributed by atoms with Crippen LogP contribution in [0, 0.1) is 0 Å². The van der Waals surface area contributed by atoms with Crippen LogP contribution in [0.25, 0.3) is 0 Å². The molecule has 88 valence electrons. The van der Waals surface area contributed by atoms with E-state index >= 15 is 0 Å². The number of hydrogen-bond donors (Lipinski definition) is 2. The molecule has 0 amide bonds. The van der Waals surface area contributed by atoms with E-state index in [0.717, 1.165) is 24.6 Å². The zero-order valence-corrected chi connectivity index (χ0v) is 9.90. The largest absolute Gasteiger partial charge is 0.354 e. The van der Waals surface area contributed by atoms with E-state index in [1.54, 1.807) is 0 Å². The first kappa shape index (κ1) is 11.1. The Hall–Kier alpha value is -1.36. The predicted octanol–water partition coefficient (Wildman–Crippen LogP) is 1.31. The monoisotopic (exact) mass is 221 g/mol. The minimum Gasteiger partial charge on any atom is -0.354 e. The SMILES string of the molecule is CCc1nc(NN)cc(N(CC)C2CC2)n1. The van der Waals surface area contributed by atoms with Crippen LogP contribution in [-0.4, -0.2) is 22.6 Å². The minimum atomic E-state index is 0.662. The number of hydrazine groups is 1. The standard InChI is InChI=1S/C11H19N5/c1-3-9-13-10(15-12)7-11(14-9)16(4-2)8-5-6-8/h7-8H,3-6,12H2,1-2H3,(H,13,14,15). The van der Waals surface area contributed by atoms with Gasteiger partial charge in [0.2, 0.25) is 0 Å². The van der Waals surface area contributed by atoms with Gasteiger partial charge >= 0.3 is 0 Å². The van der Waals surface area contributed by atoms with Crippen LogP contribution in [0.5, 0.6) is 0 Å². The van der Waals surface area contributed by atoms with Crippen LogP contribution in [0.1, 0.15) is 32.5 Å². The third-order valence-corrected chi connectivity index (χ3v) is 2.85. The van der Waals surface area contributed by atoms with Crippen molar-refractivity contribution in [1.82, 2.24) is 9.97 Å². The molecule has 0 aliphatic heterocycles. The van der Waals surface area contributed by atoms with Crippen LogP contribution in [0.3, 0.4) is 0 Å². The smallest absolute Gasteiger partial charge is 0.145 e. The van der Waals surface area contributed by atoms with Gasteiger partial charge in [-0.15, -0.1) is 0 Å². The Kier molecular flexibility index (Phi) is 3.24. The molecule has 0 spiro atoms. The third-order valence-electron chi connectivity index (χ3n) is 2.85. The zero-order valence-electron chi connectivity index (χ0n) is 9.90. The van der Waals surface area contributed by atoms with Gasteiger partial charge in [0, 0.05) is 25.1 Å². The van der Waals surface area contributed by atoms with Crippen molar-refractivity contribution in [3.63, 3.8) is 0 Å². The number of nitrogens with one attached hydrogen (secondary N) is 1. The summed E-state index contributed by atoms with van der Waals surface area (Å²) in [5, 5.41) is 0. The molecule has 0 bridgehead atoms. The van der Waals surface area contributed by atoms with Gasteiger partial charge in [0.1, 0.15) is 17.5 Å². The van der Waals surface area contributed by atoms with Crippen molar-refractivity contribution in [2.75, 3.05) is 16.9 Å². The second-order valence-electron chi connectivity index (χ2n) is 4.04. The van der Waals surface area contributed by atoms with Gasteiger partial charge in [-0.05, 0) is 19.8 Å². The fourth-order valence-corrected chi connectivity index (χ4v) is 1.86. The van der Waals surface area contributed by atoms with Gasteiger partial charge in [-0.25, -0.2) is 15.8 Å². The Morgan fingerprint density at radius 1 is 1.44 bits per heavy atom. The summed E-state index contributed by atoms with van der Waals surface area (Å²) in [6.07, 6.45) is 3.36. The molecular weight excluding hydrogens is 202 g/mol. The summed E-state index contributed by atoms with van der Waals surface area (Å²) in [4.78, 5) is 11.2. The summed E-state index contributed by atoms with van der Waals surface area (Å²) in [6, 6.07) is 2.58. The molecule has 5 heteroatoms. The number of hydrogen-bond acceptors (Lipinski definition) is 5. The van der Waals surface area contributed by atoms with E-state index in [1.807, 2.05) is 13.0 Å². The summed E-state index contributed by atoms with van der Waals surface area (Å²) < 4.78 is 0. The fourth-order valence-electron chi connectivity index (χ4n) is 1.86. The lowest BCUT2D eigenvalue weighted by atomic mass is 10.4. The maximum Gasteiger partial charge on any atom is 0.145 e. The molecule has 1 aromatic rings. The first-order valence-electron chi connectivity index (χ1n) is 5.89. The molecular formula is C11H19N5. The molecule has 1 aromatic heterocycles. The second kappa shape index (κ2) is 4.65. The van der Waals surface area contributed by atoms with Crippen LogP contribution in [0.15, 0.2) is 6.07 Å². The lowest BCUT2D eigenvalue weighted by molar-refractivity contribution is 0.792. The van der Waals surface area contributed by atoms with E-state index < -0.39 is 0 Å². The van der Waals surface area contributed by atoms with Gasteiger partial charge in [-0.3, -0.25) is 0 Å². The third kappa shape index (κ3) is 2.24. The van der Waals surface area contributed by atoms with E-state index in [2.05, 4.69) is 27.2 Å². The molecule has 2 rings (SSSR count). The Morgan fingerprint density at radius 2 is 2.19 bits per heavy atom. The summed E-state index contributed by atoms with van der Waals surface area (Å²) in [5.74, 6) is 7.94. The van der Waals surface area contributed by atoms with E-state index in [1.165, 1.54) is 12.8 Å². The van der Waals surface area contributed by atoms with Gasteiger partial charge in [0.05, 0.1) is 0 Å². The topological polar surface area (TPSA) is 67.1 Å². The quantitative estimate of drug-likeness (QED) is 0.579. The number of nitrogens with zero attached hydrogens (tertiary/aromatic N) is 3. The van der Waals surface area contributed by atoms with Gasteiger partial charge in [-0.1, -0.05) is 6.92 Å². The lowest BCUT2D eigenvalue weighted by Crippen LogP contribution is -2.27. The average molecular weight is 221 g/mol. The molecule has 0 radical (unpaired) electrons. The first-order valence-corrected chi connectivity index (χ1v) is 5.89. The van der Waals surface area contributed by atoms with E-state index in [0.29, 0.717) is 11.9 Å². The predicted molar refractivity (Wildman–Crippen MR) is 65.3 cm³/mol. The van der Waals surface area contributed by atoms with Gasteiger partial charge < -0.3 is 10.3 Å². The van der Waals surface area contributed by atoms with Crippen LogP contribution >= 0.6 is 0 Å². The van der Waals surface area contributed by atoms with Crippen LogP contribution < -0.4 is 16.2 Å². The summed E-state index contributed by atoms with van der Waals surface area (Å²) in [6.45, 7) is 5.18. The van der Waals surface area contributed by atoms with Crippen molar-refractivity contribution in [3.8, 4) is 0 Å². The molecule has 1 aliphatic rings. The summed E-state index contributed by atoms with van der Waals surface area (Å²) >= 11 is 0. The van der Waals surface area contributed by atoms with Gasteiger partial charge in [0.15, 0.2) is 0 Å². The summed E-state index contributed by atoms with van der Waals surface area (Å²) in [7, 11) is 0. The molecule has 0 aromatic carbocycles. The highest BCUT2D eigenvalue weighted by atomic mass is 15.3. The number of rotatable bonds is 5. The van der Waals surface area contributed by atoms with Crippen LogP contribution in [0.4, 0.5) is 11.6 Å². The van der Waals surface area contributed by atoms with E-state index in [-0.39, 0.29) is 0 Å². The van der Waals surface area contributed by atoms with Crippen molar-refractivity contribution < 1.29 is 0 Å². The number of aromatic nitrogens is 2. The minimum absolute atomic E-state index is 0.662. The van der Waals surface area contributed by atoms with Crippen LogP contribution in [-0.2, 0) is 6.42 Å². The van der Waals surface area contributed by atoms with E-state index in [9.17, 15) is 0 Å². The molecule has 0 unspecified atom stereocenters. The Balaban J connectivity index is 2.30. The fraction of sp³-hybridized carbons (Fsp3) is 0.636. The molecule has 1 heterocycles. The molecule has 1 aliphatic carbocycles. The average Bonchev–Trinajstić information content (AvgIpc) is 3.14. The molecule has 0 saturated heterocycles. The number of nitrogen functional groups attached to an aromatic ring is 1. The second-order valence-corrected chi connectivity index (χ2v) is 4.04. The Morgan fingerprint density at radius 3 is 2.69 bits per heavy atom. The van der Waals surface area contributed by atoms with Crippen molar-refractivity contribution in [2.24, 2.45) is 5.84 Å². The number of anilines is 2. The Labute approximate surface area is 96.0 Å². The lowest BCUT2D eigenvalue weighted by Gasteiger charge is -2.22. The number of nitrogens with two attached hydrogens (primary N) is 1. The maximum absolute atomic E-state index is 5.42. The molecule has 3 N–H and O–H groups in total. The number of aryl methyl sites for hydroxylation is 1. The molecule has 0 atom stereocenters. The van der Waals surface area contributed by atoms with Gasteiger partial charge in [0.25, 0.3) is 0 Å². The van der Waals surface area contributed by atoms with Gasteiger partial charge in [-0.2, -0.15) is 0 Å². The molecule has 5 nitrogen and oxygen atoms in total. The zero-order chi connectivity index (χ0) is 11.5. The maximum atomic E-state index is 5.42.